The molecular weight excluding hydrogens is 176 g/mol. The number of allylic oxidation sites excluding steroid dienone is 3. The third-order valence-corrected chi connectivity index (χ3v) is 2.18. The molecule has 0 aliphatic rings. The highest BCUT2D eigenvalue weighted by Gasteiger charge is 2.11. The lowest BCUT2D eigenvalue weighted by Crippen LogP contribution is -2.08. The Morgan fingerprint density at radius 3 is 2.43 bits per heavy atom. The lowest BCUT2D eigenvalue weighted by Gasteiger charge is -2.15. The highest BCUT2D eigenvalue weighted by atomic mass is 16.4. The molecule has 0 radical (unpaired) electrons. The molecule has 0 aromatic heterocycles. The fraction of sp³-hybridized carbons (Fsp3) is 0.583. The molecule has 1 N–H and O–H groups in total. The van der Waals surface area contributed by atoms with Crippen LogP contribution in [0.15, 0.2) is 24.3 Å². The molecule has 0 amide bonds. The maximum atomic E-state index is 10.4. The van der Waals surface area contributed by atoms with Crippen molar-refractivity contribution in [2.75, 3.05) is 0 Å². The van der Waals surface area contributed by atoms with Crippen molar-refractivity contribution in [2.24, 2.45) is 11.8 Å². The molecule has 0 spiro atoms. The van der Waals surface area contributed by atoms with Crippen molar-refractivity contribution in [2.45, 2.75) is 33.6 Å². The first kappa shape index (κ1) is 12.9. The van der Waals surface area contributed by atoms with Gasteiger partial charge < -0.3 is 5.11 Å². The third kappa shape index (κ3) is 6.46. The van der Waals surface area contributed by atoms with Gasteiger partial charge >= 0.3 is 5.97 Å². The van der Waals surface area contributed by atoms with Crippen LogP contribution < -0.4 is 0 Å². The molecular formula is C12H20O2. The zero-order chi connectivity index (χ0) is 11.1. The topological polar surface area (TPSA) is 37.3 Å². The first-order valence-corrected chi connectivity index (χ1v) is 4.99. The number of hydrogen-bond acceptors (Lipinski definition) is 1. The smallest absolute Gasteiger partial charge is 0.303 e. The molecule has 14 heavy (non-hydrogen) atoms. The number of aliphatic carboxylic acids is 1. The molecule has 0 fully saturated rings. The normalized spacial score (nSPS) is 13.4. The Balaban J connectivity index is 4.16. The van der Waals surface area contributed by atoms with Crippen LogP contribution in [0.3, 0.4) is 0 Å². The van der Waals surface area contributed by atoms with Gasteiger partial charge in [-0.25, -0.2) is 0 Å². The van der Waals surface area contributed by atoms with E-state index in [2.05, 4.69) is 26.5 Å². The van der Waals surface area contributed by atoms with Gasteiger partial charge in [0, 0.05) is 6.42 Å². The van der Waals surface area contributed by atoms with Gasteiger partial charge in [-0.3, -0.25) is 4.79 Å². The summed E-state index contributed by atoms with van der Waals surface area (Å²) in [5.74, 6) is 0.0899. The zero-order valence-electron chi connectivity index (χ0n) is 9.29. The van der Waals surface area contributed by atoms with Crippen molar-refractivity contribution in [3.63, 3.8) is 0 Å². The minimum Gasteiger partial charge on any atom is -0.481 e. The van der Waals surface area contributed by atoms with Gasteiger partial charge in [0.05, 0.1) is 0 Å². The fourth-order valence-corrected chi connectivity index (χ4v) is 1.23. The molecule has 2 heteroatoms. The minimum absolute atomic E-state index is 0.239. The van der Waals surface area contributed by atoms with Gasteiger partial charge in [0.15, 0.2) is 0 Å². The SMILES string of the molecule is C=C(C)C=CC(CCC(=O)O)C(C)C. The summed E-state index contributed by atoms with van der Waals surface area (Å²) in [6.07, 6.45) is 4.97. The fourth-order valence-electron chi connectivity index (χ4n) is 1.23. The van der Waals surface area contributed by atoms with Crippen LogP contribution in [-0.4, -0.2) is 11.1 Å². The summed E-state index contributed by atoms with van der Waals surface area (Å²) in [4.78, 5) is 10.4. The summed E-state index contributed by atoms with van der Waals surface area (Å²) in [6, 6.07) is 0. The summed E-state index contributed by atoms with van der Waals surface area (Å²) >= 11 is 0. The molecule has 0 saturated heterocycles. The summed E-state index contributed by atoms with van der Waals surface area (Å²) < 4.78 is 0. The largest absolute Gasteiger partial charge is 0.481 e. The van der Waals surface area contributed by atoms with E-state index >= 15 is 0 Å². The second kappa shape index (κ2) is 6.41. The van der Waals surface area contributed by atoms with E-state index in [9.17, 15) is 4.79 Å². The van der Waals surface area contributed by atoms with Gasteiger partial charge in [-0.15, -0.1) is 0 Å². The Hall–Kier alpha value is -1.05. The monoisotopic (exact) mass is 196 g/mol. The zero-order valence-corrected chi connectivity index (χ0v) is 9.29. The standard InChI is InChI=1S/C12H20O2/c1-9(2)5-6-11(10(3)4)7-8-12(13)14/h5-6,10-11H,1,7-8H2,2-4H3,(H,13,14). The molecule has 0 saturated carbocycles. The van der Waals surface area contributed by atoms with Gasteiger partial charge in [-0.05, 0) is 25.2 Å². The van der Waals surface area contributed by atoms with Crippen LogP contribution in [0.2, 0.25) is 0 Å². The second-order valence-corrected chi connectivity index (χ2v) is 4.05. The van der Waals surface area contributed by atoms with Crippen LogP contribution in [0.4, 0.5) is 0 Å². The van der Waals surface area contributed by atoms with E-state index in [0.717, 1.165) is 5.57 Å². The van der Waals surface area contributed by atoms with Crippen molar-refractivity contribution >= 4 is 5.97 Å². The Bertz CT molecular complexity index is 226. The molecule has 0 bridgehead atoms. The number of carbonyl (C=O) groups is 1. The highest BCUT2D eigenvalue weighted by Crippen LogP contribution is 2.19. The Morgan fingerprint density at radius 1 is 1.50 bits per heavy atom. The molecule has 0 aromatic carbocycles. The van der Waals surface area contributed by atoms with Crippen LogP contribution in [0.25, 0.3) is 0 Å². The number of carboxylic acid groups (broad SMARTS) is 1. The molecule has 0 aliphatic carbocycles. The Morgan fingerprint density at radius 2 is 2.07 bits per heavy atom. The van der Waals surface area contributed by atoms with E-state index in [1.54, 1.807) is 0 Å². The van der Waals surface area contributed by atoms with Gasteiger partial charge in [-0.2, -0.15) is 0 Å². The quantitative estimate of drug-likeness (QED) is 0.662. The first-order valence-electron chi connectivity index (χ1n) is 4.99. The van der Waals surface area contributed by atoms with E-state index in [1.807, 2.05) is 13.0 Å². The number of hydrogen-bond donors (Lipinski definition) is 1. The number of carboxylic acids is 1. The van der Waals surface area contributed by atoms with E-state index in [1.165, 1.54) is 0 Å². The average molecular weight is 196 g/mol. The van der Waals surface area contributed by atoms with Gasteiger partial charge in [-0.1, -0.05) is 38.2 Å². The maximum Gasteiger partial charge on any atom is 0.303 e. The molecule has 2 nitrogen and oxygen atoms in total. The highest BCUT2D eigenvalue weighted by molar-refractivity contribution is 5.66. The summed E-state index contributed by atoms with van der Waals surface area (Å²) in [5.41, 5.74) is 1.01. The summed E-state index contributed by atoms with van der Waals surface area (Å²) in [5, 5.41) is 8.58. The van der Waals surface area contributed by atoms with Crippen molar-refractivity contribution in [1.82, 2.24) is 0 Å². The summed E-state index contributed by atoms with van der Waals surface area (Å²) in [6.45, 7) is 9.93. The number of rotatable bonds is 6. The minimum atomic E-state index is -0.723. The summed E-state index contributed by atoms with van der Waals surface area (Å²) in [7, 11) is 0. The Kier molecular flexibility index (Phi) is 5.93. The van der Waals surface area contributed by atoms with Gasteiger partial charge in [0.2, 0.25) is 0 Å². The molecule has 0 rings (SSSR count). The molecule has 80 valence electrons. The van der Waals surface area contributed by atoms with Crippen molar-refractivity contribution in [3.8, 4) is 0 Å². The maximum absolute atomic E-state index is 10.4. The molecule has 1 unspecified atom stereocenters. The molecule has 1 atom stereocenters. The Labute approximate surface area is 86.3 Å². The van der Waals surface area contributed by atoms with Crippen LogP contribution in [0.1, 0.15) is 33.6 Å². The lowest BCUT2D eigenvalue weighted by atomic mass is 9.90. The van der Waals surface area contributed by atoms with Crippen LogP contribution in [0, 0.1) is 11.8 Å². The van der Waals surface area contributed by atoms with E-state index in [-0.39, 0.29) is 6.42 Å². The van der Waals surface area contributed by atoms with E-state index in [0.29, 0.717) is 18.3 Å². The third-order valence-electron chi connectivity index (χ3n) is 2.18. The lowest BCUT2D eigenvalue weighted by molar-refractivity contribution is -0.137. The second-order valence-electron chi connectivity index (χ2n) is 4.05. The van der Waals surface area contributed by atoms with Gasteiger partial charge in [0.25, 0.3) is 0 Å². The van der Waals surface area contributed by atoms with Crippen molar-refractivity contribution < 1.29 is 9.90 Å². The van der Waals surface area contributed by atoms with E-state index in [4.69, 9.17) is 5.11 Å². The average Bonchev–Trinajstić information content (AvgIpc) is 2.02. The molecule has 0 heterocycles. The van der Waals surface area contributed by atoms with E-state index < -0.39 is 5.97 Å². The first-order chi connectivity index (χ1) is 6.43. The van der Waals surface area contributed by atoms with Gasteiger partial charge in [0.1, 0.15) is 0 Å². The molecule has 0 aromatic rings. The molecule has 0 aliphatic heterocycles. The van der Waals surface area contributed by atoms with Crippen LogP contribution in [0.5, 0.6) is 0 Å². The van der Waals surface area contributed by atoms with Crippen molar-refractivity contribution in [3.05, 3.63) is 24.3 Å². The van der Waals surface area contributed by atoms with Crippen molar-refractivity contribution in [1.29, 1.82) is 0 Å². The van der Waals surface area contributed by atoms with Crippen LogP contribution >= 0.6 is 0 Å². The van der Waals surface area contributed by atoms with Crippen LogP contribution in [-0.2, 0) is 4.79 Å². The predicted molar refractivity (Wildman–Crippen MR) is 59.2 cm³/mol. The predicted octanol–water partition coefficient (Wildman–Crippen LogP) is 3.26.